The summed E-state index contributed by atoms with van der Waals surface area (Å²) in [5.74, 6) is -0.480. The first-order valence-electron chi connectivity index (χ1n) is 8.19. The molecule has 0 atom stereocenters. The molecule has 0 aliphatic rings. The van der Waals surface area contributed by atoms with E-state index in [4.69, 9.17) is 16.0 Å². The molecule has 0 saturated carbocycles. The zero-order valence-corrected chi connectivity index (χ0v) is 14.8. The van der Waals surface area contributed by atoms with E-state index in [9.17, 15) is 9.59 Å². The molecule has 2 aromatic carbocycles. The summed E-state index contributed by atoms with van der Waals surface area (Å²) in [5.41, 5.74) is 2.51. The molecule has 0 bridgehead atoms. The van der Waals surface area contributed by atoms with Gasteiger partial charge < -0.3 is 9.73 Å². The van der Waals surface area contributed by atoms with Crippen molar-refractivity contribution >= 4 is 34.2 Å². The molecule has 0 fully saturated rings. The molecule has 1 heterocycles. The second kappa shape index (κ2) is 7.11. The predicted molar refractivity (Wildman–Crippen MR) is 101 cm³/mol. The van der Waals surface area contributed by atoms with E-state index in [0.29, 0.717) is 16.0 Å². The molecule has 3 rings (SSSR count). The average molecular weight is 356 g/mol. The Bertz CT molecular complexity index is 985. The number of halogens is 1. The number of carbonyl (C=O) groups excluding carboxylic acids is 1. The summed E-state index contributed by atoms with van der Waals surface area (Å²) in [6, 6.07) is 12.3. The molecule has 3 aromatic rings. The standard InChI is InChI=1S/C20H18ClNO3/c1-3-12-6-5-7-13(4-2)18(12)22-19(23)16-11-14-10-15(21)8-9-17(14)25-20(16)24/h5-11H,3-4H2,1-2H3,(H,22,23). The Morgan fingerprint density at radius 3 is 2.40 bits per heavy atom. The lowest BCUT2D eigenvalue weighted by Gasteiger charge is -2.14. The highest BCUT2D eigenvalue weighted by atomic mass is 35.5. The van der Waals surface area contributed by atoms with Crippen LogP contribution in [-0.2, 0) is 12.8 Å². The van der Waals surface area contributed by atoms with Crippen molar-refractivity contribution in [1.82, 2.24) is 0 Å². The molecule has 0 saturated heterocycles. The molecule has 0 radical (unpaired) electrons. The third-order valence-electron chi connectivity index (χ3n) is 4.18. The molecule has 0 aliphatic carbocycles. The second-order valence-corrected chi connectivity index (χ2v) is 6.18. The van der Waals surface area contributed by atoms with Crippen LogP contribution in [0.15, 0.2) is 51.7 Å². The number of para-hydroxylation sites is 1. The fourth-order valence-electron chi connectivity index (χ4n) is 2.84. The number of fused-ring (bicyclic) bond motifs is 1. The fourth-order valence-corrected chi connectivity index (χ4v) is 3.02. The van der Waals surface area contributed by atoms with Crippen LogP contribution in [0.2, 0.25) is 5.02 Å². The number of anilines is 1. The number of aryl methyl sites for hydroxylation is 2. The minimum atomic E-state index is -0.667. The van der Waals surface area contributed by atoms with Gasteiger partial charge in [-0.1, -0.05) is 43.6 Å². The van der Waals surface area contributed by atoms with E-state index in [2.05, 4.69) is 5.32 Å². The highest BCUT2D eigenvalue weighted by Gasteiger charge is 2.17. The van der Waals surface area contributed by atoms with Crippen molar-refractivity contribution in [1.29, 1.82) is 0 Å². The van der Waals surface area contributed by atoms with Gasteiger partial charge >= 0.3 is 5.63 Å². The van der Waals surface area contributed by atoms with E-state index < -0.39 is 11.5 Å². The SMILES string of the molecule is CCc1cccc(CC)c1NC(=O)c1cc2cc(Cl)ccc2oc1=O. The normalized spacial score (nSPS) is 10.8. The first-order valence-corrected chi connectivity index (χ1v) is 8.56. The predicted octanol–water partition coefficient (Wildman–Crippen LogP) is 4.82. The summed E-state index contributed by atoms with van der Waals surface area (Å²) in [6.07, 6.45) is 1.57. The molecule has 1 amide bonds. The number of benzene rings is 2. The monoisotopic (exact) mass is 355 g/mol. The van der Waals surface area contributed by atoms with Crippen LogP contribution in [0.4, 0.5) is 5.69 Å². The third-order valence-corrected chi connectivity index (χ3v) is 4.41. The minimum absolute atomic E-state index is 0.0391. The van der Waals surface area contributed by atoms with Crippen molar-refractivity contribution < 1.29 is 9.21 Å². The quantitative estimate of drug-likeness (QED) is 0.682. The lowest BCUT2D eigenvalue weighted by atomic mass is 10.0. The topological polar surface area (TPSA) is 59.3 Å². The zero-order valence-electron chi connectivity index (χ0n) is 14.1. The Kier molecular flexibility index (Phi) is 4.91. The maximum absolute atomic E-state index is 12.7. The van der Waals surface area contributed by atoms with Gasteiger partial charge in [-0.15, -0.1) is 0 Å². The van der Waals surface area contributed by atoms with Gasteiger partial charge in [0.05, 0.1) is 0 Å². The first-order chi connectivity index (χ1) is 12.0. The summed E-state index contributed by atoms with van der Waals surface area (Å²) in [7, 11) is 0. The van der Waals surface area contributed by atoms with Crippen LogP contribution >= 0.6 is 11.6 Å². The van der Waals surface area contributed by atoms with E-state index in [1.54, 1.807) is 18.2 Å². The molecule has 4 nitrogen and oxygen atoms in total. The maximum Gasteiger partial charge on any atom is 0.349 e. The molecule has 0 spiro atoms. The largest absolute Gasteiger partial charge is 0.422 e. The van der Waals surface area contributed by atoms with Crippen molar-refractivity contribution in [2.75, 3.05) is 5.32 Å². The number of nitrogens with one attached hydrogen (secondary N) is 1. The highest BCUT2D eigenvalue weighted by molar-refractivity contribution is 6.31. The van der Waals surface area contributed by atoms with E-state index in [1.165, 1.54) is 6.07 Å². The summed E-state index contributed by atoms with van der Waals surface area (Å²) in [5, 5.41) is 4.00. The Morgan fingerprint density at radius 1 is 1.08 bits per heavy atom. The molecule has 0 unspecified atom stereocenters. The van der Waals surface area contributed by atoms with E-state index in [0.717, 1.165) is 29.7 Å². The fraction of sp³-hybridized carbons (Fsp3) is 0.200. The van der Waals surface area contributed by atoms with E-state index >= 15 is 0 Å². The van der Waals surface area contributed by atoms with Crippen molar-refractivity contribution in [3.8, 4) is 0 Å². The van der Waals surface area contributed by atoms with Gasteiger partial charge in [0, 0.05) is 16.1 Å². The van der Waals surface area contributed by atoms with Crippen molar-refractivity contribution in [2.45, 2.75) is 26.7 Å². The molecular formula is C20H18ClNO3. The average Bonchev–Trinajstić information content (AvgIpc) is 2.61. The van der Waals surface area contributed by atoms with Crippen molar-refractivity contribution in [2.24, 2.45) is 0 Å². The van der Waals surface area contributed by atoms with Crippen molar-refractivity contribution in [3.63, 3.8) is 0 Å². The summed E-state index contributed by atoms with van der Waals surface area (Å²) in [6.45, 7) is 4.05. The molecule has 1 aromatic heterocycles. The Balaban J connectivity index is 2.04. The van der Waals surface area contributed by atoms with Gasteiger partial charge in [-0.3, -0.25) is 4.79 Å². The number of hydrogen-bond donors (Lipinski definition) is 1. The smallest absolute Gasteiger partial charge is 0.349 e. The van der Waals surface area contributed by atoms with Gasteiger partial charge in [-0.25, -0.2) is 4.79 Å². The maximum atomic E-state index is 12.7. The van der Waals surface area contributed by atoms with Crippen LogP contribution in [0.5, 0.6) is 0 Å². The Morgan fingerprint density at radius 2 is 1.76 bits per heavy atom. The van der Waals surface area contributed by atoms with Crippen LogP contribution in [-0.4, -0.2) is 5.91 Å². The van der Waals surface area contributed by atoms with Gasteiger partial charge in [0.15, 0.2) is 0 Å². The number of hydrogen-bond acceptors (Lipinski definition) is 3. The summed E-state index contributed by atoms with van der Waals surface area (Å²) < 4.78 is 5.24. The van der Waals surface area contributed by atoms with Crippen LogP contribution < -0.4 is 10.9 Å². The van der Waals surface area contributed by atoms with Crippen LogP contribution in [0.3, 0.4) is 0 Å². The number of rotatable bonds is 4. The van der Waals surface area contributed by atoms with Crippen LogP contribution in [0.1, 0.15) is 35.3 Å². The number of carbonyl (C=O) groups is 1. The lowest BCUT2D eigenvalue weighted by molar-refractivity contribution is 0.102. The van der Waals surface area contributed by atoms with E-state index in [-0.39, 0.29) is 5.56 Å². The third kappa shape index (κ3) is 3.44. The molecule has 25 heavy (non-hydrogen) atoms. The van der Waals surface area contributed by atoms with Gasteiger partial charge in [-0.2, -0.15) is 0 Å². The minimum Gasteiger partial charge on any atom is -0.422 e. The van der Waals surface area contributed by atoms with Gasteiger partial charge in [0.2, 0.25) is 0 Å². The van der Waals surface area contributed by atoms with Gasteiger partial charge in [0.1, 0.15) is 11.1 Å². The molecule has 128 valence electrons. The molecule has 1 N–H and O–H groups in total. The molecule has 0 aliphatic heterocycles. The summed E-state index contributed by atoms with van der Waals surface area (Å²) >= 11 is 5.98. The van der Waals surface area contributed by atoms with Crippen molar-refractivity contribution in [3.05, 3.63) is 74.6 Å². The Hall–Kier alpha value is -2.59. The second-order valence-electron chi connectivity index (χ2n) is 5.74. The molecule has 5 heteroatoms. The summed E-state index contributed by atoms with van der Waals surface area (Å²) in [4.78, 5) is 24.9. The van der Waals surface area contributed by atoms with Crippen LogP contribution in [0, 0.1) is 0 Å². The highest BCUT2D eigenvalue weighted by Crippen LogP contribution is 2.24. The number of amides is 1. The van der Waals surface area contributed by atoms with E-state index in [1.807, 2.05) is 32.0 Å². The zero-order chi connectivity index (χ0) is 18.0. The van der Waals surface area contributed by atoms with Gasteiger partial charge in [0.25, 0.3) is 5.91 Å². The Labute approximate surface area is 150 Å². The lowest BCUT2D eigenvalue weighted by Crippen LogP contribution is -2.22. The first kappa shape index (κ1) is 17.2. The van der Waals surface area contributed by atoms with Crippen LogP contribution in [0.25, 0.3) is 11.0 Å². The van der Waals surface area contributed by atoms with Gasteiger partial charge in [-0.05, 0) is 48.2 Å². The molecular weight excluding hydrogens is 338 g/mol.